The van der Waals surface area contributed by atoms with E-state index in [-0.39, 0.29) is 17.4 Å². The molecular weight excluding hydrogens is 303 g/mol. The average molecular weight is 318 g/mol. The third-order valence-corrected chi connectivity index (χ3v) is 3.33. The van der Waals surface area contributed by atoms with Gasteiger partial charge in [-0.3, -0.25) is 9.78 Å². The monoisotopic (exact) mass is 318 g/mol. The van der Waals surface area contributed by atoms with Gasteiger partial charge in [0.2, 0.25) is 0 Å². The number of hydrogen-bond acceptors (Lipinski definition) is 6. The molecule has 1 N–H and O–H groups in total. The molecule has 1 saturated heterocycles. The Kier molecular flexibility index (Phi) is 5.07. The van der Waals surface area contributed by atoms with Crippen LogP contribution in [0.4, 0.5) is 3.89 Å². The first-order valence-electron chi connectivity index (χ1n) is 6.43. The van der Waals surface area contributed by atoms with Gasteiger partial charge in [0.15, 0.2) is 5.75 Å². The number of rotatable bonds is 5. The fourth-order valence-corrected chi connectivity index (χ4v) is 2.30. The van der Waals surface area contributed by atoms with Crippen molar-refractivity contribution in [3.63, 3.8) is 0 Å². The molecule has 1 aromatic heterocycles. The summed E-state index contributed by atoms with van der Waals surface area (Å²) in [7, 11) is -5.14. The maximum absolute atomic E-state index is 12.4. The smallest absolute Gasteiger partial charge is 0.376 e. The molecule has 7 nitrogen and oxygen atoms in total. The molecule has 2 heterocycles. The Bertz CT molecular complexity index is 601. The zero-order valence-electron chi connectivity index (χ0n) is 11.1. The minimum atomic E-state index is -5.14. The first-order valence-corrected chi connectivity index (χ1v) is 7.74. The number of nitrogens with zero attached hydrogens (tertiary/aromatic N) is 1. The van der Waals surface area contributed by atoms with E-state index in [1.165, 1.54) is 6.20 Å². The van der Waals surface area contributed by atoms with Crippen molar-refractivity contribution in [2.45, 2.75) is 25.4 Å². The SMILES string of the molecule is O=C(NCC1CCCCO1)c1cncc(OS(=O)(=O)F)c1. The second kappa shape index (κ2) is 6.81. The molecular formula is C12H15FN2O5S. The highest BCUT2D eigenvalue weighted by atomic mass is 32.3. The number of amides is 1. The maximum atomic E-state index is 12.4. The summed E-state index contributed by atoms with van der Waals surface area (Å²) in [6.07, 6.45) is 5.15. The van der Waals surface area contributed by atoms with E-state index in [1.54, 1.807) is 0 Å². The van der Waals surface area contributed by atoms with Gasteiger partial charge < -0.3 is 14.2 Å². The summed E-state index contributed by atoms with van der Waals surface area (Å²) < 4.78 is 42.7. The van der Waals surface area contributed by atoms with Gasteiger partial charge in [0.05, 0.1) is 17.9 Å². The molecule has 116 valence electrons. The second-order valence-corrected chi connectivity index (χ2v) is 5.54. The Morgan fingerprint density at radius 3 is 2.95 bits per heavy atom. The molecule has 0 bridgehead atoms. The van der Waals surface area contributed by atoms with Crippen LogP contribution in [0.3, 0.4) is 0 Å². The molecule has 0 aromatic carbocycles. The van der Waals surface area contributed by atoms with Crippen LogP contribution in [-0.2, 0) is 15.2 Å². The van der Waals surface area contributed by atoms with Crippen LogP contribution in [0.25, 0.3) is 0 Å². The van der Waals surface area contributed by atoms with Crippen molar-refractivity contribution in [3.05, 3.63) is 24.0 Å². The van der Waals surface area contributed by atoms with Crippen molar-refractivity contribution >= 4 is 16.4 Å². The van der Waals surface area contributed by atoms with Crippen LogP contribution in [0, 0.1) is 0 Å². The zero-order valence-corrected chi connectivity index (χ0v) is 11.9. The topological polar surface area (TPSA) is 94.6 Å². The second-order valence-electron chi connectivity index (χ2n) is 4.58. The van der Waals surface area contributed by atoms with Crippen LogP contribution in [0.1, 0.15) is 29.6 Å². The van der Waals surface area contributed by atoms with E-state index in [0.717, 1.165) is 31.5 Å². The number of ether oxygens (including phenoxy) is 1. The van der Waals surface area contributed by atoms with Crippen LogP contribution >= 0.6 is 0 Å². The van der Waals surface area contributed by atoms with Gasteiger partial charge in [-0.05, 0) is 25.3 Å². The van der Waals surface area contributed by atoms with E-state index in [4.69, 9.17) is 4.74 Å². The minimum absolute atomic E-state index is 0.0266. The molecule has 2 rings (SSSR count). The van der Waals surface area contributed by atoms with E-state index < -0.39 is 16.4 Å². The molecule has 1 atom stereocenters. The number of carbonyl (C=O) groups excluding carboxylic acids is 1. The highest BCUT2D eigenvalue weighted by molar-refractivity contribution is 7.81. The Balaban J connectivity index is 1.94. The Morgan fingerprint density at radius 2 is 2.29 bits per heavy atom. The number of pyridine rings is 1. The number of carbonyl (C=O) groups is 1. The molecule has 0 aliphatic carbocycles. The van der Waals surface area contributed by atoms with Gasteiger partial charge in [-0.15, -0.1) is 0 Å². The molecule has 9 heteroatoms. The molecule has 0 radical (unpaired) electrons. The van der Waals surface area contributed by atoms with Gasteiger partial charge in [0.25, 0.3) is 5.91 Å². The van der Waals surface area contributed by atoms with Gasteiger partial charge in [0, 0.05) is 19.3 Å². The lowest BCUT2D eigenvalue weighted by molar-refractivity contribution is 0.0169. The lowest BCUT2D eigenvalue weighted by Crippen LogP contribution is -2.35. The largest absolute Gasteiger partial charge is 0.488 e. The number of aromatic nitrogens is 1. The van der Waals surface area contributed by atoms with Crippen molar-refractivity contribution in [1.82, 2.24) is 10.3 Å². The summed E-state index contributed by atoms with van der Waals surface area (Å²) in [6, 6.07) is 1.10. The van der Waals surface area contributed by atoms with Crippen molar-refractivity contribution in [2.24, 2.45) is 0 Å². The summed E-state index contributed by atoms with van der Waals surface area (Å²) in [6.45, 7) is 1.03. The van der Waals surface area contributed by atoms with Gasteiger partial charge in [-0.1, -0.05) is 3.89 Å². The van der Waals surface area contributed by atoms with Crippen molar-refractivity contribution < 1.29 is 26.0 Å². The van der Waals surface area contributed by atoms with Crippen LogP contribution < -0.4 is 9.50 Å². The van der Waals surface area contributed by atoms with Crippen molar-refractivity contribution in [1.29, 1.82) is 0 Å². The third-order valence-electron chi connectivity index (χ3n) is 2.94. The first kappa shape index (κ1) is 15.6. The molecule has 1 amide bonds. The van der Waals surface area contributed by atoms with Crippen molar-refractivity contribution in [3.8, 4) is 5.75 Å². The number of nitrogens with one attached hydrogen (secondary N) is 1. The summed E-state index contributed by atoms with van der Waals surface area (Å²) >= 11 is 0. The predicted molar refractivity (Wildman–Crippen MR) is 70.8 cm³/mol. The third kappa shape index (κ3) is 5.27. The summed E-state index contributed by atoms with van der Waals surface area (Å²) in [5.74, 6) is -0.822. The van der Waals surface area contributed by atoms with Crippen LogP contribution in [0.5, 0.6) is 5.75 Å². The maximum Gasteiger partial charge on any atom is 0.488 e. The molecule has 1 unspecified atom stereocenters. The van der Waals surface area contributed by atoms with Crippen LogP contribution in [-0.4, -0.2) is 38.6 Å². The lowest BCUT2D eigenvalue weighted by atomic mass is 10.1. The Labute approximate surface area is 121 Å². The van der Waals surface area contributed by atoms with Gasteiger partial charge in [-0.2, -0.15) is 8.42 Å². The highest BCUT2D eigenvalue weighted by Gasteiger charge is 2.16. The molecule has 1 aromatic rings. The predicted octanol–water partition coefficient (Wildman–Crippen LogP) is 0.974. The quantitative estimate of drug-likeness (QED) is 0.813. The minimum Gasteiger partial charge on any atom is -0.376 e. The van der Waals surface area contributed by atoms with E-state index in [2.05, 4.69) is 14.5 Å². The molecule has 1 aliphatic heterocycles. The Hall–Kier alpha value is -1.74. The van der Waals surface area contributed by atoms with Gasteiger partial charge in [0.1, 0.15) is 0 Å². The summed E-state index contributed by atoms with van der Waals surface area (Å²) in [4.78, 5) is 15.5. The van der Waals surface area contributed by atoms with Crippen LogP contribution in [0.2, 0.25) is 0 Å². The standard InChI is InChI=1S/C12H15FN2O5S/c13-21(17,18)20-11-5-9(6-14-7-11)12(16)15-8-10-3-1-2-4-19-10/h5-7,10H,1-4,8H2,(H,15,16). The molecule has 1 fully saturated rings. The normalized spacial score (nSPS) is 19.0. The summed E-state index contributed by atoms with van der Waals surface area (Å²) in [5, 5.41) is 2.66. The first-order chi connectivity index (χ1) is 9.94. The van der Waals surface area contributed by atoms with Crippen molar-refractivity contribution in [2.75, 3.05) is 13.2 Å². The average Bonchev–Trinajstić information content (AvgIpc) is 2.44. The van der Waals surface area contributed by atoms with Crippen LogP contribution in [0.15, 0.2) is 18.5 Å². The Morgan fingerprint density at radius 1 is 1.48 bits per heavy atom. The lowest BCUT2D eigenvalue weighted by Gasteiger charge is -2.22. The molecule has 21 heavy (non-hydrogen) atoms. The van der Waals surface area contributed by atoms with Gasteiger partial charge >= 0.3 is 10.5 Å². The number of hydrogen-bond donors (Lipinski definition) is 1. The summed E-state index contributed by atoms with van der Waals surface area (Å²) in [5.41, 5.74) is 0.0759. The van der Waals surface area contributed by atoms with Gasteiger partial charge in [-0.25, -0.2) is 0 Å². The molecule has 0 spiro atoms. The number of halogens is 1. The van der Waals surface area contributed by atoms with E-state index in [1.807, 2.05) is 0 Å². The van der Waals surface area contributed by atoms with E-state index >= 15 is 0 Å². The fourth-order valence-electron chi connectivity index (χ4n) is 1.98. The van der Waals surface area contributed by atoms with E-state index in [9.17, 15) is 17.1 Å². The molecule has 0 saturated carbocycles. The zero-order chi connectivity index (χ0) is 15.3. The fraction of sp³-hybridized carbons (Fsp3) is 0.500. The van der Waals surface area contributed by atoms with E-state index in [0.29, 0.717) is 13.2 Å². The highest BCUT2D eigenvalue weighted by Crippen LogP contribution is 2.15. The molecule has 1 aliphatic rings.